The number of aliphatic carboxylic acids is 1. The smallest absolute Gasteiger partial charge is 0.312 e. The van der Waals surface area contributed by atoms with Crippen LogP contribution >= 0.6 is 23.1 Å². The number of carbonyl (C=O) groups is 3. The number of nitrogens with one attached hydrogen (secondary N) is 1. The van der Waals surface area contributed by atoms with Crippen LogP contribution in [0.25, 0.3) is 0 Å². The minimum absolute atomic E-state index is 0.0916. The lowest BCUT2D eigenvalue weighted by atomic mass is 9.89. The SMILES string of the molecule is CC1(C(=O)O)CS[C@@H]2C(NC(=O)C(=NOCCO)c3csc(N)n3)C(=O)N2C1. The Balaban J connectivity index is 1.70. The molecule has 0 aliphatic carbocycles. The number of nitrogens with two attached hydrogens (primary N) is 1. The lowest BCUT2D eigenvalue weighted by Crippen LogP contribution is -2.73. The second-order valence-electron chi connectivity index (χ2n) is 6.55. The van der Waals surface area contributed by atoms with Crippen molar-refractivity contribution in [3.63, 3.8) is 0 Å². The number of carbonyl (C=O) groups excluding carboxylic acids is 2. The molecule has 28 heavy (non-hydrogen) atoms. The molecule has 2 aliphatic heterocycles. The third-order valence-electron chi connectivity index (χ3n) is 4.35. The van der Waals surface area contributed by atoms with Crippen LogP contribution in [0.2, 0.25) is 0 Å². The molecule has 3 atom stereocenters. The van der Waals surface area contributed by atoms with E-state index in [0.29, 0.717) is 5.75 Å². The minimum atomic E-state index is -1.02. The number of carboxylic acids is 1. The molecule has 2 unspecified atom stereocenters. The highest BCUT2D eigenvalue weighted by molar-refractivity contribution is 8.00. The summed E-state index contributed by atoms with van der Waals surface area (Å²) in [5.74, 6) is -1.66. The Labute approximate surface area is 167 Å². The number of rotatable bonds is 7. The fourth-order valence-electron chi connectivity index (χ4n) is 2.79. The first-order chi connectivity index (χ1) is 13.3. The highest BCUT2D eigenvalue weighted by Gasteiger charge is 2.56. The highest BCUT2D eigenvalue weighted by atomic mass is 32.2. The van der Waals surface area contributed by atoms with Crippen molar-refractivity contribution >= 4 is 51.7 Å². The zero-order chi connectivity index (χ0) is 20.5. The summed E-state index contributed by atoms with van der Waals surface area (Å²) in [5, 5.41) is 25.9. The molecule has 152 valence electrons. The van der Waals surface area contributed by atoms with Gasteiger partial charge in [-0.25, -0.2) is 4.98 Å². The van der Waals surface area contributed by atoms with E-state index in [0.717, 1.165) is 11.3 Å². The van der Waals surface area contributed by atoms with Gasteiger partial charge in [-0.05, 0) is 6.92 Å². The number of nitrogen functional groups attached to an aromatic ring is 1. The van der Waals surface area contributed by atoms with Crippen LogP contribution in [0.5, 0.6) is 0 Å². The number of fused-ring (bicyclic) bond motifs is 1. The first-order valence-corrected chi connectivity index (χ1v) is 10.2. The third-order valence-corrected chi connectivity index (χ3v) is 6.70. The van der Waals surface area contributed by atoms with Crippen molar-refractivity contribution in [2.45, 2.75) is 18.3 Å². The van der Waals surface area contributed by atoms with Crippen LogP contribution in [0.1, 0.15) is 12.6 Å². The van der Waals surface area contributed by atoms with Crippen molar-refractivity contribution in [1.29, 1.82) is 0 Å². The number of oxime groups is 1. The van der Waals surface area contributed by atoms with Crippen LogP contribution in [-0.2, 0) is 19.2 Å². The van der Waals surface area contributed by atoms with E-state index in [-0.39, 0.29) is 47.6 Å². The number of thiazole rings is 1. The van der Waals surface area contributed by atoms with E-state index in [1.54, 1.807) is 6.92 Å². The number of aromatic nitrogens is 1. The molecule has 0 bridgehead atoms. The Kier molecular flexibility index (Phi) is 5.76. The summed E-state index contributed by atoms with van der Waals surface area (Å²) in [5.41, 5.74) is 4.61. The summed E-state index contributed by atoms with van der Waals surface area (Å²) in [7, 11) is 0. The fraction of sp³-hybridized carbons (Fsp3) is 0.533. The molecule has 11 nitrogen and oxygen atoms in total. The monoisotopic (exact) mass is 429 g/mol. The topological polar surface area (TPSA) is 167 Å². The summed E-state index contributed by atoms with van der Waals surface area (Å²) in [4.78, 5) is 46.8. The number of hydrogen-bond acceptors (Lipinski definition) is 10. The van der Waals surface area contributed by atoms with Crippen molar-refractivity contribution in [2.75, 3.05) is 31.2 Å². The van der Waals surface area contributed by atoms with Crippen molar-refractivity contribution in [3.8, 4) is 0 Å². The molecule has 2 fully saturated rings. The Morgan fingerprint density at radius 2 is 2.32 bits per heavy atom. The largest absolute Gasteiger partial charge is 0.481 e. The van der Waals surface area contributed by atoms with E-state index in [4.69, 9.17) is 15.7 Å². The molecule has 13 heteroatoms. The molecule has 0 spiro atoms. The number of aliphatic hydroxyl groups is 1. The van der Waals surface area contributed by atoms with Gasteiger partial charge in [-0.2, -0.15) is 0 Å². The molecule has 2 aliphatic rings. The van der Waals surface area contributed by atoms with E-state index < -0.39 is 23.3 Å². The van der Waals surface area contributed by atoms with Gasteiger partial charge in [-0.15, -0.1) is 23.1 Å². The molecule has 2 saturated heterocycles. The van der Waals surface area contributed by atoms with Gasteiger partial charge < -0.3 is 31.0 Å². The summed E-state index contributed by atoms with van der Waals surface area (Å²) in [6, 6.07) is -0.796. The Morgan fingerprint density at radius 1 is 1.57 bits per heavy atom. The second-order valence-corrected chi connectivity index (χ2v) is 8.55. The van der Waals surface area contributed by atoms with Gasteiger partial charge in [0.05, 0.1) is 12.0 Å². The zero-order valence-corrected chi connectivity index (χ0v) is 16.5. The van der Waals surface area contributed by atoms with E-state index in [9.17, 15) is 19.5 Å². The van der Waals surface area contributed by atoms with Crippen LogP contribution in [0, 0.1) is 5.41 Å². The number of nitrogens with zero attached hydrogens (tertiary/aromatic N) is 3. The average molecular weight is 429 g/mol. The van der Waals surface area contributed by atoms with Crippen LogP contribution in [0.3, 0.4) is 0 Å². The maximum atomic E-state index is 12.7. The summed E-state index contributed by atoms with van der Waals surface area (Å²) < 4.78 is 0. The van der Waals surface area contributed by atoms with Gasteiger partial charge in [0.25, 0.3) is 5.91 Å². The number of β-lactam (4-membered cyclic amide) rings is 1. The van der Waals surface area contributed by atoms with Gasteiger partial charge in [0.2, 0.25) is 5.91 Å². The van der Waals surface area contributed by atoms with Gasteiger partial charge >= 0.3 is 5.97 Å². The number of hydrogen-bond donors (Lipinski definition) is 4. The molecule has 5 N–H and O–H groups in total. The maximum Gasteiger partial charge on any atom is 0.312 e. The van der Waals surface area contributed by atoms with E-state index in [2.05, 4.69) is 15.5 Å². The van der Waals surface area contributed by atoms with Gasteiger partial charge in [0.1, 0.15) is 23.7 Å². The summed E-state index contributed by atoms with van der Waals surface area (Å²) >= 11 is 2.42. The van der Waals surface area contributed by atoms with Gasteiger partial charge in [0.15, 0.2) is 10.8 Å². The van der Waals surface area contributed by atoms with Crippen molar-refractivity contribution < 1.29 is 29.4 Å². The minimum Gasteiger partial charge on any atom is -0.481 e. The van der Waals surface area contributed by atoms with Gasteiger partial charge in [-0.3, -0.25) is 14.4 Å². The van der Waals surface area contributed by atoms with E-state index >= 15 is 0 Å². The van der Waals surface area contributed by atoms with Crippen LogP contribution < -0.4 is 11.1 Å². The Morgan fingerprint density at radius 3 is 2.93 bits per heavy atom. The standard InChI is InChI=1S/C15H19N5O6S2/c1-15(13(24)25)5-20-11(23)9(12(20)28-6-15)18-10(22)8(19-26-3-2-21)7-4-27-14(16)17-7/h4,9,12,21H,2-3,5-6H2,1H3,(H2,16,17)(H,18,22)(H,24,25)/t9?,12-,15?/m1/s1. The highest BCUT2D eigenvalue weighted by Crippen LogP contribution is 2.41. The fourth-order valence-corrected chi connectivity index (χ4v) is 4.83. The molecular formula is C15H19N5O6S2. The van der Waals surface area contributed by atoms with Crippen molar-refractivity contribution in [1.82, 2.24) is 15.2 Å². The molecule has 2 amide bonds. The second kappa shape index (κ2) is 7.93. The summed E-state index contributed by atoms with van der Waals surface area (Å²) in [6.07, 6.45) is 0. The molecule has 0 aromatic carbocycles. The van der Waals surface area contributed by atoms with Gasteiger partial charge in [-0.1, -0.05) is 5.16 Å². The van der Waals surface area contributed by atoms with Gasteiger partial charge in [0, 0.05) is 17.7 Å². The van der Waals surface area contributed by atoms with Crippen molar-refractivity contribution in [3.05, 3.63) is 11.1 Å². The Bertz CT molecular complexity index is 830. The predicted octanol–water partition coefficient (Wildman–Crippen LogP) is -1.07. The molecule has 0 saturated carbocycles. The molecule has 0 radical (unpaired) electrons. The van der Waals surface area contributed by atoms with E-state index in [1.807, 2.05) is 0 Å². The quantitative estimate of drug-likeness (QED) is 0.182. The predicted molar refractivity (Wildman–Crippen MR) is 102 cm³/mol. The number of amides is 2. The number of carboxylic acid groups (broad SMARTS) is 1. The number of thioether (sulfide) groups is 1. The lowest BCUT2D eigenvalue weighted by molar-refractivity contribution is -0.157. The molecule has 1 aromatic heterocycles. The van der Waals surface area contributed by atoms with Crippen LogP contribution in [0.15, 0.2) is 10.5 Å². The zero-order valence-electron chi connectivity index (χ0n) is 14.8. The molecule has 3 rings (SSSR count). The third kappa shape index (κ3) is 3.77. The van der Waals surface area contributed by atoms with E-state index in [1.165, 1.54) is 22.0 Å². The molecular weight excluding hydrogens is 410 g/mol. The first-order valence-electron chi connectivity index (χ1n) is 8.25. The Hall–Kier alpha value is -2.38. The maximum absolute atomic E-state index is 12.7. The van der Waals surface area contributed by atoms with Crippen molar-refractivity contribution in [2.24, 2.45) is 10.6 Å². The number of anilines is 1. The average Bonchev–Trinajstić information content (AvgIpc) is 3.09. The summed E-state index contributed by atoms with van der Waals surface area (Å²) in [6.45, 7) is 1.29. The number of aliphatic hydroxyl groups excluding tert-OH is 1. The molecule has 1 aromatic rings. The first kappa shape index (κ1) is 20.4. The normalized spacial score (nSPS) is 27.0. The van der Waals surface area contributed by atoms with Crippen LogP contribution in [-0.4, -0.2) is 80.5 Å². The lowest BCUT2D eigenvalue weighted by Gasteiger charge is -2.53. The molecule has 3 heterocycles. The van der Waals surface area contributed by atoms with Crippen LogP contribution in [0.4, 0.5) is 5.13 Å².